The lowest BCUT2D eigenvalue weighted by atomic mass is 10.1. The number of hydrogen-bond donors (Lipinski definition) is 0. The van der Waals surface area contributed by atoms with Gasteiger partial charge in [0.2, 0.25) is 0 Å². The molecule has 0 saturated carbocycles. The van der Waals surface area contributed by atoms with Crippen LogP contribution in [0.2, 0.25) is 5.02 Å². The maximum Gasteiger partial charge on any atom is 0.192 e. The van der Waals surface area contributed by atoms with Crippen molar-refractivity contribution in [2.75, 3.05) is 7.11 Å². The summed E-state index contributed by atoms with van der Waals surface area (Å²) in [5.41, 5.74) is 1.57. The van der Waals surface area contributed by atoms with E-state index < -0.39 is 23.0 Å². The van der Waals surface area contributed by atoms with Crippen LogP contribution < -0.4 is 9.47 Å². The minimum absolute atomic E-state index is 0.0520. The summed E-state index contributed by atoms with van der Waals surface area (Å²) in [6.07, 6.45) is 1.97. The molecule has 0 amide bonds. The van der Waals surface area contributed by atoms with Crippen LogP contribution >= 0.6 is 11.6 Å². The van der Waals surface area contributed by atoms with Gasteiger partial charge in [0, 0.05) is 29.2 Å². The third-order valence-electron chi connectivity index (χ3n) is 6.05. The standard InChI is InChI=1S/C27H24ClF2N5O2/c1-27(2,37-24-21(29)12-19(28)13-22(24)30)26-32-31-25(34(26)3)17-7-10-23-18(11-17)15-35(33-23)14-16-5-8-20(36-4)9-6-16/h5-13,15H,14H2,1-4H3. The van der Waals surface area contributed by atoms with Crippen LogP contribution in [0.4, 0.5) is 8.78 Å². The van der Waals surface area contributed by atoms with Crippen LogP contribution in [0.5, 0.6) is 11.5 Å². The number of nitrogens with zero attached hydrogens (tertiary/aromatic N) is 5. The highest BCUT2D eigenvalue weighted by Crippen LogP contribution is 2.34. The van der Waals surface area contributed by atoms with Gasteiger partial charge in [0.15, 0.2) is 34.6 Å². The van der Waals surface area contributed by atoms with Crippen molar-refractivity contribution in [3.05, 3.63) is 88.8 Å². The molecule has 5 rings (SSSR count). The Morgan fingerprint density at radius 1 is 0.973 bits per heavy atom. The molecule has 10 heteroatoms. The van der Waals surface area contributed by atoms with E-state index in [1.165, 1.54) is 0 Å². The van der Waals surface area contributed by atoms with Crippen molar-refractivity contribution in [1.82, 2.24) is 24.5 Å². The van der Waals surface area contributed by atoms with E-state index in [-0.39, 0.29) is 5.02 Å². The normalized spacial score (nSPS) is 11.8. The topological polar surface area (TPSA) is 67.0 Å². The highest BCUT2D eigenvalue weighted by atomic mass is 35.5. The molecular formula is C27H24ClF2N5O2. The van der Waals surface area contributed by atoms with Crippen LogP contribution in [0, 0.1) is 11.6 Å². The first-order chi connectivity index (χ1) is 17.6. The molecule has 2 heterocycles. The summed E-state index contributed by atoms with van der Waals surface area (Å²) in [5, 5.41) is 14.2. The fourth-order valence-corrected chi connectivity index (χ4v) is 4.44. The van der Waals surface area contributed by atoms with Gasteiger partial charge in [0.25, 0.3) is 0 Å². The molecule has 0 fully saturated rings. The predicted octanol–water partition coefficient (Wildman–Crippen LogP) is 6.13. The van der Waals surface area contributed by atoms with Gasteiger partial charge in [0.05, 0.1) is 19.2 Å². The maximum absolute atomic E-state index is 14.3. The zero-order valence-corrected chi connectivity index (χ0v) is 21.4. The van der Waals surface area contributed by atoms with Gasteiger partial charge in [-0.05, 0) is 61.9 Å². The number of halogens is 3. The van der Waals surface area contributed by atoms with Crippen LogP contribution in [-0.4, -0.2) is 31.7 Å². The van der Waals surface area contributed by atoms with Crippen molar-refractivity contribution in [3.8, 4) is 22.9 Å². The molecule has 0 atom stereocenters. The number of rotatable bonds is 7. The second kappa shape index (κ2) is 9.48. The summed E-state index contributed by atoms with van der Waals surface area (Å²) >= 11 is 5.73. The van der Waals surface area contributed by atoms with Crippen molar-refractivity contribution in [1.29, 1.82) is 0 Å². The van der Waals surface area contributed by atoms with Gasteiger partial charge in [0.1, 0.15) is 5.75 Å². The van der Waals surface area contributed by atoms with E-state index in [1.54, 1.807) is 32.6 Å². The summed E-state index contributed by atoms with van der Waals surface area (Å²) in [4.78, 5) is 0. The maximum atomic E-state index is 14.3. The highest BCUT2D eigenvalue weighted by Gasteiger charge is 2.32. The fraction of sp³-hybridized carbons (Fsp3) is 0.222. The second-order valence-electron chi connectivity index (χ2n) is 9.17. The molecule has 0 aliphatic heterocycles. The quantitative estimate of drug-likeness (QED) is 0.256. The molecule has 37 heavy (non-hydrogen) atoms. The SMILES string of the molecule is COc1ccc(Cn2cc3cc(-c4nnc(C(C)(C)Oc5c(F)cc(Cl)cc5F)n4C)ccc3n2)cc1. The third kappa shape index (κ3) is 4.86. The van der Waals surface area contributed by atoms with E-state index in [0.29, 0.717) is 18.2 Å². The molecule has 3 aromatic carbocycles. The van der Waals surface area contributed by atoms with E-state index in [4.69, 9.17) is 21.1 Å². The van der Waals surface area contributed by atoms with E-state index in [2.05, 4.69) is 15.3 Å². The summed E-state index contributed by atoms with van der Waals surface area (Å²) in [7, 11) is 3.42. The average molecular weight is 524 g/mol. The highest BCUT2D eigenvalue weighted by molar-refractivity contribution is 6.30. The summed E-state index contributed by atoms with van der Waals surface area (Å²) in [6.45, 7) is 3.95. The lowest BCUT2D eigenvalue weighted by Crippen LogP contribution is -2.30. The number of fused-ring (bicyclic) bond motifs is 1. The van der Waals surface area contributed by atoms with Gasteiger partial charge >= 0.3 is 0 Å². The van der Waals surface area contributed by atoms with Gasteiger partial charge < -0.3 is 14.0 Å². The molecule has 0 aliphatic carbocycles. The van der Waals surface area contributed by atoms with Crippen molar-refractivity contribution in [2.24, 2.45) is 7.05 Å². The van der Waals surface area contributed by atoms with Gasteiger partial charge in [-0.15, -0.1) is 10.2 Å². The molecule has 7 nitrogen and oxygen atoms in total. The van der Waals surface area contributed by atoms with E-state index in [0.717, 1.165) is 39.9 Å². The van der Waals surface area contributed by atoms with Crippen molar-refractivity contribution >= 4 is 22.5 Å². The number of methoxy groups -OCH3 is 1. The lowest BCUT2D eigenvalue weighted by molar-refractivity contribution is 0.0836. The van der Waals surface area contributed by atoms with Gasteiger partial charge in [-0.1, -0.05) is 23.7 Å². The molecule has 2 aromatic heterocycles. The molecule has 5 aromatic rings. The molecule has 190 valence electrons. The molecule has 0 N–H and O–H groups in total. The Morgan fingerprint density at radius 3 is 2.35 bits per heavy atom. The lowest BCUT2D eigenvalue weighted by Gasteiger charge is -2.26. The summed E-state index contributed by atoms with van der Waals surface area (Å²) < 4.78 is 43.3. The molecule has 0 unspecified atom stereocenters. The Morgan fingerprint density at radius 2 is 1.68 bits per heavy atom. The molecule has 0 spiro atoms. The van der Waals surface area contributed by atoms with Gasteiger partial charge in [-0.2, -0.15) is 5.10 Å². The van der Waals surface area contributed by atoms with Crippen LogP contribution in [0.15, 0.2) is 60.8 Å². The van der Waals surface area contributed by atoms with Crippen molar-refractivity contribution < 1.29 is 18.3 Å². The van der Waals surface area contributed by atoms with E-state index in [1.807, 2.05) is 53.3 Å². The second-order valence-corrected chi connectivity index (χ2v) is 9.60. The Bertz CT molecular complexity index is 1570. The fourth-order valence-electron chi connectivity index (χ4n) is 4.25. The Kier molecular flexibility index (Phi) is 6.33. The number of hydrogen-bond acceptors (Lipinski definition) is 5. The molecule has 0 saturated heterocycles. The van der Waals surface area contributed by atoms with Gasteiger partial charge in [-0.3, -0.25) is 4.68 Å². The Labute approximate surface area is 217 Å². The zero-order chi connectivity index (χ0) is 26.3. The number of benzene rings is 3. The Hall–Kier alpha value is -3.98. The van der Waals surface area contributed by atoms with Crippen LogP contribution in [0.25, 0.3) is 22.3 Å². The monoisotopic (exact) mass is 523 g/mol. The largest absolute Gasteiger partial charge is 0.497 e. The zero-order valence-electron chi connectivity index (χ0n) is 20.7. The van der Waals surface area contributed by atoms with E-state index >= 15 is 0 Å². The first-order valence-electron chi connectivity index (χ1n) is 11.5. The molecule has 0 radical (unpaired) electrons. The van der Waals surface area contributed by atoms with Crippen LogP contribution in [0.3, 0.4) is 0 Å². The van der Waals surface area contributed by atoms with Crippen molar-refractivity contribution in [2.45, 2.75) is 26.0 Å². The average Bonchev–Trinajstić information content (AvgIpc) is 3.44. The smallest absolute Gasteiger partial charge is 0.192 e. The summed E-state index contributed by atoms with van der Waals surface area (Å²) in [6, 6.07) is 15.7. The third-order valence-corrected chi connectivity index (χ3v) is 6.27. The minimum Gasteiger partial charge on any atom is -0.497 e. The first kappa shape index (κ1) is 24.7. The minimum atomic E-state index is -1.19. The van der Waals surface area contributed by atoms with E-state index in [9.17, 15) is 8.78 Å². The van der Waals surface area contributed by atoms with Crippen LogP contribution in [0.1, 0.15) is 25.2 Å². The van der Waals surface area contributed by atoms with Crippen molar-refractivity contribution in [3.63, 3.8) is 0 Å². The number of ether oxygens (including phenoxy) is 2. The number of aromatic nitrogens is 5. The Balaban J connectivity index is 1.41. The first-order valence-corrected chi connectivity index (χ1v) is 11.9. The molecular weight excluding hydrogens is 500 g/mol. The van der Waals surface area contributed by atoms with Crippen LogP contribution in [-0.2, 0) is 19.2 Å². The van der Waals surface area contributed by atoms with Gasteiger partial charge in [-0.25, -0.2) is 8.78 Å². The molecule has 0 aliphatic rings. The predicted molar refractivity (Wildman–Crippen MR) is 137 cm³/mol. The molecule has 0 bridgehead atoms. The summed E-state index contributed by atoms with van der Waals surface area (Å²) in [5.74, 6) is -0.529.